The normalized spacial score (nSPS) is 42.3. The topological polar surface area (TPSA) is 531 Å². The number of ether oxygens (including phenoxy) is 9. The highest BCUT2D eigenvalue weighted by atomic mass is 32.3. The van der Waals surface area contributed by atoms with E-state index in [-0.39, 0.29) is 0 Å². The summed E-state index contributed by atoms with van der Waals surface area (Å²) in [5.41, 5.74) is 0. The third kappa shape index (κ3) is 15.3. The zero-order valence-electron chi connectivity index (χ0n) is 37.2. The maximum absolute atomic E-state index is 12.4. The molecule has 37 heteroatoms. The molecular weight excluding hydrogens is 1060 g/mol. The molecule has 4 fully saturated rings. The Bertz CT molecular complexity index is 2200. The van der Waals surface area contributed by atoms with Crippen molar-refractivity contribution >= 4 is 43.1 Å². The summed E-state index contributed by atoms with van der Waals surface area (Å²) in [6.45, 7) is -2.95. The van der Waals surface area contributed by atoms with Gasteiger partial charge < -0.3 is 98.8 Å². The summed E-state index contributed by atoms with van der Waals surface area (Å²) in [5.74, 6) is -10.3. The lowest BCUT2D eigenvalue weighted by Crippen LogP contribution is -2.61. The molecule has 15 unspecified atom stereocenters. The zero-order chi connectivity index (χ0) is 53.9. The molecule has 0 aromatic carbocycles. The van der Waals surface area contributed by atoms with Crippen molar-refractivity contribution in [1.29, 1.82) is 0 Å². The highest BCUT2D eigenvalue weighted by Gasteiger charge is 2.54. The Balaban J connectivity index is 1.36. The van der Waals surface area contributed by atoms with E-state index >= 15 is 0 Å². The van der Waals surface area contributed by atoms with Gasteiger partial charge in [0.25, 0.3) is 0 Å². The Hall–Kier alpha value is -2.59. The van der Waals surface area contributed by atoms with Crippen LogP contribution in [0.5, 0.6) is 0 Å². The van der Waals surface area contributed by atoms with Gasteiger partial charge in [-0.3, -0.25) is 13.7 Å². The number of carboxylic acids is 2. The number of rotatable bonds is 22. The molecule has 14 N–H and O–H groups in total. The van der Waals surface area contributed by atoms with Crippen molar-refractivity contribution in [1.82, 2.24) is 0 Å². The molecule has 23 atom stereocenters. The van der Waals surface area contributed by atoms with Gasteiger partial charge in [-0.2, -0.15) is 25.3 Å². The van der Waals surface area contributed by atoms with E-state index in [0.717, 1.165) is 6.92 Å². The van der Waals surface area contributed by atoms with Crippen LogP contribution in [-0.2, 0) is 96.0 Å². The standard InChI is InChI=1S/C35H56O34S3/c1-10-12(13(20(38)19(63-10)9-62-70(49,50)51)6-61-35-29(69-72(55,56)57)26(44)27(11(2)64-35)68-71(52,53)54)5-59-33-23(41)14(22(40)28(67-33)31(47)48)7-58-32-15(21(39)25(43)18(4-36)66-32)8-60-34-24(42)16(37)3-17(65-34)30(45)46/h3,10-16,18-29,32-44H,4-9H2,1-2H3,(H,45,46)(H,47,48)(H,49,50,51)(H,52,53,54)(H,55,56,57)/t10?,11?,12?,13?,14?,15?,16?,18?,19?,20-,21?,22-,23?,24?,25+,26?,27+,28?,29?,32-,33+,34+,35+/m0/s1. The highest BCUT2D eigenvalue weighted by Crippen LogP contribution is 2.37. The lowest BCUT2D eigenvalue weighted by atomic mass is 9.80. The second kappa shape index (κ2) is 24.6. The fourth-order valence-electron chi connectivity index (χ4n) is 8.43. The molecule has 34 nitrogen and oxygen atoms in total. The van der Waals surface area contributed by atoms with Crippen LogP contribution in [-0.4, -0.2) is 263 Å². The van der Waals surface area contributed by atoms with E-state index in [9.17, 15) is 105 Å². The molecule has 0 aliphatic carbocycles. The average molecular weight is 1120 g/mol. The summed E-state index contributed by atoms with van der Waals surface area (Å²) in [6.07, 6.45) is -35.7. The highest BCUT2D eigenvalue weighted by molar-refractivity contribution is 7.81. The van der Waals surface area contributed by atoms with Crippen LogP contribution in [0.3, 0.4) is 0 Å². The molecule has 0 amide bonds. The van der Waals surface area contributed by atoms with Crippen molar-refractivity contribution < 1.29 is 160 Å². The van der Waals surface area contributed by atoms with Crippen molar-refractivity contribution in [2.24, 2.45) is 23.7 Å². The Morgan fingerprint density at radius 3 is 1.67 bits per heavy atom. The predicted molar refractivity (Wildman–Crippen MR) is 217 cm³/mol. The summed E-state index contributed by atoms with van der Waals surface area (Å²) < 4.78 is 160. The molecule has 5 aliphatic rings. The zero-order valence-corrected chi connectivity index (χ0v) is 39.7. The van der Waals surface area contributed by atoms with Crippen LogP contribution in [0.4, 0.5) is 0 Å². The van der Waals surface area contributed by atoms with Crippen LogP contribution >= 0.6 is 0 Å². The summed E-state index contributed by atoms with van der Waals surface area (Å²) in [5, 5.41) is 116. The fourth-order valence-corrected chi connectivity index (χ4v) is 9.77. The second-order valence-corrected chi connectivity index (χ2v) is 20.2. The van der Waals surface area contributed by atoms with E-state index in [1.807, 2.05) is 0 Å². The third-order valence-corrected chi connectivity index (χ3v) is 13.5. The Morgan fingerprint density at radius 1 is 0.528 bits per heavy atom. The Kier molecular flexibility index (Phi) is 20.6. The van der Waals surface area contributed by atoms with Crippen molar-refractivity contribution in [3.05, 3.63) is 11.8 Å². The van der Waals surface area contributed by atoms with Crippen molar-refractivity contribution in [2.75, 3.05) is 39.6 Å². The average Bonchev–Trinajstić information content (AvgIpc) is 3.26. The number of aliphatic carboxylic acids is 2. The van der Waals surface area contributed by atoms with Gasteiger partial charge in [0.05, 0.1) is 76.1 Å². The molecular formula is C35H56O34S3. The van der Waals surface area contributed by atoms with Crippen LogP contribution in [0, 0.1) is 23.7 Å². The van der Waals surface area contributed by atoms with Gasteiger partial charge in [-0.05, 0) is 19.9 Å². The third-order valence-electron chi connectivity index (χ3n) is 12.2. The van der Waals surface area contributed by atoms with Crippen LogP contribution in [0.1, 0.15) is 13.8 Å². The van der Waals surface area contributed by atoms with Crippen molar-refractivity contribution in [3.63, 3.8) is 0 Å². The lowest BCUT2D eigenvalue weighted by Gasteiger charge is -2.47. The molecule has 418 valence electrons. The first-order chi connectivity index (χ1) is 33.3. The maximum atomic E-state index is 12.4. The van der Waals surface area contributed by atoms with Crippen molar-refractivity contribution in [3.8, 4) is 0 Å². The first kappa shape index (κ1) is 60.3. The number of hydrogen-bond donors (Lipinski definition) is 14. The molecule has 0 saturated carbocycles. The van der Waals surface area contributed by atoms with E-state index < -0.39 is 229 Å². The predicted octanol–water partition coefficient (Wildman–Crippen LogP) is -8.02. The van der Waals surface area contributed by atoms with E-state index in [4.69, 9.17) is 42.6 Å². The van der Waals surface area contributed by atoms with Crippen LogP contribution in [0.15, 0.2) is 11.8 Å². The smallest absolute Gasteiger partial charge is 0.397 e. The van der Waals surface area contributed by atoms with E-state index in [1.165, 1.54) is 6.92 Å². The number of aliphatic hydroxyl groups excluding tert-OH is 9. The minimum absolute atomic E-state index is 0.677. The van der Waals surface area contributed by atoms with Gasteiger partial charge in [0, 0.05) is 17.8 Å². The van der Waals surface area contributed by atoms with Gasteiger partial charge in [-0.1, -0.05) is 0 Å². The molecule has 0 spiro atoms. The molecule has 5 rings (SSSR count). The van der Waals surface area contributed by atoms with Crippen LogP contribution in [0.25, 0.3) is 0 Å². The van der Waals surface area contributed by atoms with Gasteiger partial charge in [0.2, 0.25) is 12.0 Å². The number of aliphatic hydroxyl groups is 9. The molecule has 0 aromatic heterocycles. The number of carboxylic acid groups (broad SMARTS) is 2. The SMILES string of the molecule is CC1OC(COS(=O)(=O)O)[C@@H](O)C(CO[C@@H]2OC(C)[C@@H](OS(=O)(=O)O)C(O)C2OS(=O)(=O)O)C1CO[C@@H]1OC(C(=O)O)[C@@H](O)C(CO[C@H]2OC(CO)[C@@H](O)C(O)C2CO[C@@H]2OC(C(=O)O)=CC(O)C2O)C1O. The van der Waals surface area contributed by atoms with Gasteiger partial charge in [0.15, 0.2) is 31.1 Å². The number of hydrogen-bond acceptors (Lipinski definition) is 29. The fraction of sp³-hybridized carbons (Fsp3) is 0.886. The molecule has 72 heavy (non-hydrogen) atoms. The second-order valence-electron chi connectivity index (χ2n) is 17.0. The minimum Gasteiger partial charge on any atom is -0.479 e. The van der Waals surface area contributed by atoms with Crippen LogP contribution < -0.4 is 0 Å². The van der Waals surface area contributed by atoms with E-state index in [1.54, 1.807) is 0 Å². The monoisotopic (exact) mass is 1120 g/mol. The number of carbonyl (C=O) groups is 2. The molecule has 5 heterocycles. The van der Waals surface area contributed by atoms with Gasteiger partial charge >= 0.3 is 43.1 Å². The quantitative estimate of drug-likeness (QED) is 0.0448. The lowest BCUT2D eigenvalue weighted by molar-refractivity contribution is -0.323. The Labute approximate surface area is 407 Å². The molecule has 4 saturated heterocycles. The van der Waals surface area contributed by atoms with Gasteiger partial charge in [-0.25, -0.2) is 22.1 Å². The maximum Gasteiger partial charge on any atom is 0.397 e. The summed E-state index contributed by atoms with van der Waals surface area (Å²) >= 11 is 0. The van der Waals surface area contributed by atoms with Crippen molar-refractivity contribution in [2.45, 2.75) is 131 Å². The first-order valence-corrected chi connectivity index (χ1v) is 25.3. The summed E-state index contributed by atoms with van der Waals surface area (Å²) in [4.78, 5) is 23.8. The van der Waals surface area contributed by atoms with E-state index in [2.05, 4.69) is 12.5 Å². The van der Waals surface area contributed by atoms with Gasteiger partial charge in [0.1, 0.15) is 48.8 Å². The van der Waals surface area contributed by atoms with E-state index in [0.29, 0.717) is 6.08 Å². The minimum atomic E-state index is -5.52. The van der Waals surface area contributed by atoms with Crippen LogP contribution in [0.2, 0.25) is 0 Å². The Morgan fingerprint density at radius 2 is 1.08 bits per heavy atom. The molecule has 0 aromatic rings. The largest absolute Gasteiger partial charge is 0.479 e. The molecule has 0 bridgehead atoms. The van der Waals surface area contributed by atoms with Gasteiger partial charge in [-0.15, -0.1) is 0 Å². The first-order valence-electron chi connectivity index (χ1n) is 21.2. The summed E-state index contributed by atoms with van der Waals surface area (Å²) in [6, 6.07) is 0. The molecule has 0 radical (unpaired) electrons. The summed E-state index contributed by atoms with van der Waals surface area (Å²) in [7, 11) is -16.0. The molecule has 5 aliphatic heterocycles.